The van der Waals surface area contributed by atoms with E-state index in [1.165, 1.54) is 0 Å². The molecule has 4 saturated heterocycles. The highest BCUT2D eigenvalue weighted by Crippen LogP contribution is 2.30. The van der Waals surface area contributed by atoms with Crippen LogP contribution >= 0.6 is 58.8 Å². The van der Waals surface area contributed by atoms with Crippen LogP contribution < -0.4 is 5.32 Å². The molecule has 0 unspecified atom stereocenters. The van der Waals surface area contributed by atoms with Crippen LogP contribution in [0.3, 0.4) is 0 Å². The van der Waals surface area contributed by atoms with Gasteiger partial charge in [0.05, 0.1) is 0 Å². The molecule has 4 fully saturated rings. The summed E-state index contributed by atoms with van der Waals surface area (Å²) < 4.78 is 5.42. The molecule has 2 aromatic rings. The smallest absolute Gasteiger partial charge is 0.410 e. The van der Waals surface area contributed by atoms with Gasteiger partial charge in [-0.1, -0.05) is 46.4 Å². The number of nitrogens with zero attached hydrogens (tertiary/aromatic N) is 3. The number of hydrogen-bond acceptors (Lipinski definition) is 7. The van der Waals surface area contributed by atoms with Gasteiger partial charge in [0.25, 0.3) is 0 Å². The number of carbonyl (C=O) groups is 5. The molecule has 4 heterocycles. The van der Waals surface area contributed by atoms with Gasteiger partial charge in [0, 0.05) is 94.2 Å². The Morgan fingerprint density at radius 1 is 0.536 bits per heavy atom. The second kappa shape index (κ2) is 20.9. The highest BCUT2D eigenvalue weighted by atomic mass is 35.5. The number of amides is 3. The fourth-order valence-electron chi connectivity index (χ4n) is 7.81. The van der Waals surface area contributed by atoms with Crippen LogP contribution in [0.15, 0.2) is 36.4 Å². The largest absolute Gasteiger partial charge is 0.444 e. The van der Waals surface area contributed by atoms with Crippen molar-refractivity contribution in [3.8, 4) is 0 Å². The number of benzene rings is 2. The van der Waals surface area contributed by atoms with Gasteiger partial charge in [-0.2, -0.15) is 0 Å². The minimum Gasteiger partial charge on any atom is -0.444 e. The number of rotatable bonds is 6. The minimum absolute atomic E-state index is 0. The van der Waals surface area contributed by atoms with Crippen LogP contribution in [0.2, 0.25) is 20.1 Å². The molecule has 0 aromatic heterocycles. The van der Waals surface area contributed by atoms with Gasteiger partial charge in [-0.25, -0.2) is 4.79 Å². The van der Waals surface area contributed by atoms with Crippen LogP contribution in [-0.4, -0.2) is 102 Å². The Bertz CT molecular complexity index is 1670. The Morgan fingerprint density at radius 2 is 0.857 bits per heavy atom. The zero-order valence-corrected chi connectivity index (χ0v) is 36.1. The maximum Gasteiger partial charge on any atom is 0.410 e. The lowest BCUT2D eigenvalue weighted by atomic mass is 9.87. The second-order valence-electron chi connectivity index (χ2n) is 16.0. The lowest BCUT2D eigenvalue weighted by Crippen LogP contribution is -2.47. The molecule has 4 aliphatic heterocycles. The van der Waals surface area contributed by atoms with Crippen molar-refractivity contribution in [1.82, 2.24) is 20.0 Å². The molecular formula is C41H53Cl5N4O6. The minimum atomic E-state index is -0.526. The highest BCUT2D eigenvalue weighted by Gasteiger charge is 2.35. The number of piperidine rings is 4. The summed E-state index contributed by atoms with van der Waals surface area (Å²) in [7, 11) is 0. The molecule has 10 nitrogen and oxygen atoms in total. The summed E-state index contributed by atoms with van der Waals surface area (Å²) in [6.45, 7) is 10.9. The molecule has 0 spiro atoms. The molecule has 56 heavy (non-hydrogen) atoms. The summed E-state index contributed by atoms with van der Waals surface area (Å²) in [6, 6.07) is 9.86. The van der Waals surface area contributed by atoms with Crippen molar-refractivity contribution in [2.75, 3.05) is 52.4 Å². The first-order valence-corrected chi connectivity index (χ1v) is 20.9. The number of hydrogen-bond donors (Lipinski definition) is 1. The summed E-state index contributed by atoms with van der Waals surface area (Å²) >= 11 is 24.0. The van der Waals surface area contributed by atoms with E-state index in [-0.39, 0.29) is 65.6 Å². The maximum absolute atomic E-state index is 13.0. The Balaban J connectivity index is 0.000000252. The summed E-state index contributed by atoms with van der Waals surface area (Å²) in [5.41, 5.74) is 0.564. The van der Waals surface area contributed by atoms with Crippen LogP contribution in [0.25, 0.3) is 0 Å². The third-order valence-electron chi connectivity index (χ3n) is 10.8. The number of ether oxygens (including phenoxy) is 1. The first-order chi connectivity index (χ1) is 26.1. The van der Waals surface area contributed by atoms with E-state index < -0.39 is 5.60 Å². The van der Waals surface area contributed by atoms with Gasteiger partial charge >= 0.3 is 6.09 Å². The van der Waals surface area contributed by atoms with Crippen molar-refractivity contribution in [3.05, 3.63) is 67.6 Å². The van der Waals surface area contributed by atoms with Crippen molar-refractivity contribution in [2.45, 2.75) is 77.7 Å². The van der Waals surface area contributed by atoms with E-state index in [1.54, 1.807) is 41.3 Å². The van der Waals surface area contributed by atoms with E-state index in [1.807, 2.05) is 30.6 Å². The Kier molecular flexibility index (Phi) is 17.2. The van der Waals surface area contributed by atoms with Crippen molar-refractivity contribution in [2.24, 2.45) is 23.7 Å². The Hall–Kier alpha value is -2.60. The zero-order valence-electron chi connectivity index (χ0n) is 32.3. The average molecular weight is 875 g/mol. The van der Waals surface area contributed by atoms with E-state index >= 15 is 0 Å². The van der Waals surface area contributed by atoms with Crippen LogP contribution in [0.4, 0.5) is 4.79 Å². The summed E-state index contributed by atoms with van der Waals surface area (Å²) in [6.07, 6.45) is 5.46. The fraction of sp³-hybridized carbons (Fsp3) is 0.585. The number of ketones is 2. The van der Waals surface area contributed by atoms with Crippen molar-refractivity contribution in [1.29, 1.82) is 0 Å². The van der Waals surface area contributed by atoms with Gasteiger partial charge in [-0.05, 0) is 122 Å². The van der Waals surface area contributed by atoms with Crippen molar-refractivity contribution >= 4 is 88.3 Å². The van der Waals surface area contributed by atoms with Crippen LogP contribution in [0.1, 0.15) is 92.9 Å². The number of halogens is 5. The molecule has 0 radical (unpaired) electrons. The third kappa shape index (κ3) is 13.0. The number of nitrogens with one attached hydrogen (secondary N) is 1. The lowest BCUT2D eigenvalue weighted by Gasteiger charge is -2.37. The van der Waals surface area contributed by atoms with E-state index in [0.29, 0.717) is 109 Å². The van der Waals surface area contributed by atoms with Gasteiger partial charge < -0.3 is 24.8 Å². The van der Waals surface area contributed by atoms with Gasteiger partial charge in [0.1, 0.15) is 5.60 Å². The Labute approximate surface area is 356 Å². The second-order valence-corrected chi connectivity index (χ2v) is 17.8. The first kappa shape index (κ1) is 46.1. The third-order valence-corrected chi connectivity index (χ3v) is 11.7. The van der Waals surface area contributed by atoms with E-state index in [0.717, 1.165) is 25.9 Å². The lowest BCUT2D eigenvalue weighted by molar-refractivity contribution is -0.138. The maximum atomic E-state index is 13.0. The quantitative estimate of drug-likeness (QED) is 0.289. The van der Waals surface area contributed by atoms with Gasteiger partial charge in [0.2, 0.25) is 11.8 Å². The van der Waals surface area contributed by atoms with Crippen molar-refractivity contribution < 1.29 is 28.7 Å². The molecular weight excluding hydrogens is 822 g/mol. The normalized spacial score (nSPS) is 19.0. The molecule has 0 bridgehead atoms. The molecule has 1 N–H and O–H groups in total. The zero-order chi connectivity index (χ0) is 39.9. The van der Waals surface area contributed by atoms with Gasteiger partial charge in [-0.3, -0.25) is 19.2 Å². The molecule has 6 rings (SSSR count). The topological polar surface area (TPSA) is 116 Å². The van der Waals surface area contributed by atoms with Gasteiger partial charge in [-0.15, -0.1) is 12.4 Å². The standard InChI is InChI=1S/C23H30Cl2N2O4.C18H22Cl2N2O2.ClH/c1-23(2,3)31-22(30)27-10-6-16(7-11-27)21(29)26-8-4-15(5-9-26)20(28)17-12-18(24)14-19(25)13-17;19-15-9-14(10-16(20)11-15)17(23)12-3-7-22(8-4-12)18(24)13-1-5-21-6-2-13;/h12-16H,4-11H2,1-3H3;9-13,21H,1-8H2;1H. The summed E-state index contributed by atoms with van der Waals surface area (Å²) in [5.74, 6) is 0.358. The molecule has 2 aromatic carbocycles. The SMILES string of the molecule is CC(C)(C)OC(=O)N1CCC(C(=O)N2CCC(C(=O)c3cc(Cl)cc(Cl)c3)CC2)CC1.Cl.O=C(c1cc(Cl)cc(Cl)c1)C1CCN(C(=O)C2CCNCC2)CC1. The van der Waals surface area contributed by atoms with E-state index in [2.05, 4.69) is 5.32 Å². The first-order valence-electron chi connectivity index (χ1n) is 19.3. The van der Waals surface area contributed by atoms with Crippen LogP contribution in [0, 0.1) is 23.7 Å². The van der Waals surface area contributed by atoms with Crippen molar-refractivity contribution in [3.63, 3.8) is 0 Å². The Morgan fingerprint density at radius 3 is 1.21 bits per heavy atom. The predicted molar refractivity (Wildman–Crippen MR) is 224 cm³/mol. The molecule has 308 valence electrons. The number of Topliss-reactive ketones (excluding diaryl/α,β-unsaturated/α-hetero) is 2. The number of likely N-dealkylation sites (tertiary alicyclic amines) is 3. The molecule has 4 aliphatic rings. The van der Waals surface area contributed by atoms with E-state index in [9.17, 15) is 24.0 Å². The monoisotopic (exact) mass is 872 g/mol. The van der Waals surface area contributed by atoms with Gasteiger partial charge in [0.15, 0.2) is 11.6 Å². The average Bonchev–Trinajstić information content (AvgIpc) is 3.16. The molecule has 3 amide bonds. The number of carbonyl (C=O) groups excluding carboxylic acids is 5. The van der Waals surface area contributed by atoms with Crippen LogP contribution in [0.5, 0.6) is 0 Å². The highest BCUT2D eigenvalue weighted by molar-refractivity contribution is 6.35. The van der Waals surface area contributed by atoms with E-state index in [4.69, 9.17) is 51.1 Å². The summed E-state index contributed by atoms with van der Waals surface area (Å²) in [4.78, 5) is 68.7. The molecule has 0 aliphatic carbocycles. The molecule has 0 saturated carbocycles. The summed E-state index contributed by atoms with van der Waals surface area (Å²) in [5, 5.41) is 5.13. The predicted octanol–water partition coefficient (Wildman–Crippen LogP) is 8.90. The fourth-order valence-corrected chi connectivity index (χ4v) is 8.86. The molecule has 0 atom stereocenters. The van der Waals surface area contributed by atoms with Crippen LogP contribution in [-0.2, 0) is 14.3 Å². The molecule has 15 heteroatoms.